The van der Waals surface area contributed by atoms with Crippen molar-refractivity contribution < 1.29 is 4.79 Å². The van der Waals surface area contributed by atoms with Gasteiger partial charge in [0.05, 0.1) is 5.54 Å². The van der Waals surface area contributed by atoms with Crippen LogP contribution in [-0.2, 0) is 11.2 Å². The molecule has 1 rings (SSSR count). The molecule has 1 aromatic rings. The summed E-state index contributed by atoms with van der Waals surface area (Å²) in [5.74, 6) is -0.189. The third kappa shape index (κ3) is 5.24. The van der Waals surface area contributed by atoms with E-state index in [1.54, 1.807) is 6.92 Å². The molecule has 0 saturated heterocycles. The molecule has 0 bridgehead atoms. The van der Waals surface area contributed by atoms with Crippen LogP contribution in [0.1, 0.15) is 57.9 Å². The number of carbonyl (C=O) groups excluding carboxylic acids is 1. The van der Waals surface area contributed by atoms with Gasteiger partial charge in [0.15, 0.2) is 0 Å². The van der Waals surface area contributed by atoms with Crippen LogP contribution in [0.3, 0.4) is 0 Å². The highest BCUT2D eigenvalue weighted by molar-refractivity contribution is 7.15. The lowest BCUT2D eigenvalue weighted by molar-refractivity contribution is -0.120. The topological polar surface area (TPSA) is 80.9 Å². The fourth-order valence-electron chi connectivity index (χ4n) is 1.80. The van der Waals surface area contributed by atoms with Gasteiger partial charge < -0.3 is 5.73 Å². The second-order valence-corrected chi connectivity index (χ2v) is 6.14. The van der Waals surface area contributed by atoms with E-state index in [1.807, 2.05) is 6.92 Å². The molecule has 1 heterocycles. The fraction of sp³-hybridized carbons (Fsp3) is 0.769. The largest absolute Gasteiger partial charge is 0.318 e. The third-order valence-corrected chi connectivity index (χ3v) is 3.87. The van der Waals surface area contributed by atoms with Crippen molar-refractivity contribution in [3.8, 4) is 0 Å². The Hall–Kier alpha value is -1.01. The van der Waals surface area contributed by atoms with Gasteiger partial charge in [-0.1, -0.05) is 44.4 Å². The summed E-state index contributed by atoms with van der Waals surface area (Å²) in [6.45, 7) is 5.92. The van der Waals surface area contributed by atoms with Crippen LogP contribution in [0.5, 0.6) is 0 Å². The molecule has 0 aliphatic carbocycles. The minimum absolute atomic E-state index is 0.189. The van der Waals surface area contributed by atoms with Gasteiger partial charge in [-0.15, -0.1) is 10.2 Å². The Labute approximate surface area is 119 Å². The first kappa shape index (κ1) is 16.0. The number of unbranched alkanes of at least 4 members (excludes halogenated alkanes) is 2. The summed E-state index contributed by atoms with van der Waals surface area (Å²) in [6.07, 6.45) is 5.95. The molecule has 3 N–H and O–H groups in total. The van der Waals surface area contributed by atoms with Crippen molar-refractivity contribution >= 4 is 22.4 Å². The first-order chi connectivity index (χ1) is 8.99. The number of hydrogen-bond donors (Lipinski definition) is 2. The summed E-state index contributed by atoms with van der Waals surface area (Å²) < 4.78 is 0. The van der Waals surface area contributed by atoms with Gasteiger partial charge in [0.1, 0.15) is 5.01 Å². The second kappa shape index (κ2) is 7.55. The molecule has 0 aromatic carbocycles. The number of carbonyl (C=O) groups is 1. The lowest BCUT2D eigenvalue weighted by atomic mass is 9.97. The summed E-state index contributed by atoms with van der Waals surface area (Å²) in [6, 6.07) is 0. The average Bonchev–Trinajstić information content (AvgIpc) is 2.77. The van der Waals surface area contributed by atoms with Crippen LogP contribution in [0.2, 0.25) is 0 Å². The molecular weight excluding hydrogens is 260 g/mol. The van der Waals surface area contributed by atoms with Crippen molar-refractivity contribution in [3.05, 3.63) is 5.01 Å². The molecule has 0 saturated carbocycles. The smallest absolute Gasteiger partial charge is 0.245 e. The van der Waals surface area contributed by atoms with Crippen LogP contribution in [0.15, 0.2) is 0 Å². The molecule has 108 valence electrons. The van der Waals surface area contributed by atoms with E-state index in [2.05, 4.69) is 22.4 Å². The lowest BCUT2D eigenvalue weighted by Gasteiger charge is -2.21. The van der Waals surface area contributed by atoms with Crippen molar-refractivity contribution in [2.45, 2.75) is 64.8 Å². The summed E-state index contributed by atoms with van der Waals surface area (Å²) in [7, 11) is 0. The van der Waals surface area contributed by atoms with Gasteiger partial charge in [0.25, 0.3) is 0 Å². The SMILES string of the molecule is CCCCCc1nnc(NC(=O)C(C)(N)CCC)s1. The standard InChI is InChI=1S/C13H24N4OS/c1-4-6-7-8-10-16-17-12(19-10)15-11(18)13(3,14)9-5-2/h4-9,14H2,1-3H3,(H,15,17,18). The number of amides is 1. The van der Waals surface area contributed by atoms with Gasteiger partial charge >= 0.3 is 0 Å². The van der Waals surface area contributed by atoms with Crippen LogP contribution in [-0.4, -0.2) is 21.6 Å². The quantitative estimate of drug-likeness (QED) is 0.719. The Balaban J connectivity index is 2.51. The fourth-order valence-corrected chi connectivity index (χ4v) is 2.58. The molecule has 0 spiro atoms. The maximum atomic E-state index is 12.0. The number of aryl methyl sites for hydroxylation is 1. The van der Waals surface area contributed by atoms with Crippen molar-refractivity contribution in [2.24, 2.45) is 5.73 Å². The summed E-state index contributed by atoms with van der Waals surface area (Å²) in [4.78, 5) is 12.0. The van der Waals surface area contributed by atoms with E-state index in [9.17, 15) is 4.79 Å². The maximum Gasteiger partial charge on any atom is 0.245 e. The zero-order chi connectivity index (χ0) is 14.3. The second-order valence-electron chi connectivity index (χ2n) is 5.08. The van der Waals surface area contributed by atoms with Crippen LogP contribution in [0, 0.1) is 0 Å². The number of hydrogen-bond acceptors (Lipinski definition) is 5. The van der Waals surface area contributed by atoms with Gasteiger partial charge in [0.2, 0.25) is 11.0 Å². The Morgan fingerprint density at radius 1 is 1.32 bits per heavy atom. The molecule has 5 nitrogen and oxygen atoms in total. The first-order valence-electron chi connectivity index (χ1n) is 6.92. The first-order valence-corrected chi connectivity index (χ1v) is 7.74. The molecule has 1 unspecified atom stereocenters. The number of nitrogens with one attached hydrogen (secondary N) is 1. The van der Waals surface area contributed by atoms with E-state index < -0.39 is 5.54 Å². The van der Waals surface area contributed by atoms with E-state index in [4.69, 9.17) is 5.73 Å². The van der Waals surface area contributed by atoms with Crippen molar-refractivity contribution in [1.82, 2.24) is 10.2 Å². The molecule has 0 fully saturated rings. The highest BCUT2D eigenvalue weighted by Crippen LogP contribution is 2.19. The Morgan fingerprint density at radius 3 is 2.68 bits per heavy atom. The number of anilines is 1. The summed E-state index contributed by atoms with van der Waals surface area (Å²) >= 11 is 1.44. The molecule has 19 heavy (non-hydrogen) atoms. The van der Waals surface area contributed by atoms with Crippen LogP contribution < -0.4 is 11.1 Å². The highest BCUT2D eigenvalue weighted by atomic mass is 32.1. The molecule has 0 aliphatic heterocycles. The number of nitrogens with zero attached hydrogens (tertiary/aromatic N) is 2. The zero-order valence-corrected chi connectivity index (χ0v) is 12.8. The minimum Gasteiger partial charge on any atom is -0.318 e. The van der Waals surface area contributed by atoms with Crippen LogP contribution >= 0.6 is 11.3 Å². The average molecular weight is 284 g/mol. The van der Waals surface area contributed by atoms with E-state index >= 15 is 0 Å². The Bertz CT molecular complexity index is 403. The summed E-state index contributed by atoms with van der Waals surface area (Å²) in [5, 5.41) is 12.3. The molecule has 1 atom stereocenters. The molecule has 0 radical (unpaired) electrons. The maximum absolute atomic E-state index is 12.0. The van der Waals surface area contributed by atoms with Gasteiger partial charge in [-0.2, -0.15) is 0 Å². The van der Waals surface area contributed by atoms with E-state index in [1.165, 1.54) is 24.2 Å². The normalized spacial score (nSPS) is 14.1. The van der Waals surface area contributed by atoms with E-state index in [-0.39, 0.29) is 5.91 Å². The summed E-state index contributed by atoms with van der Waals surface area (Å²) in [5.41, 5.74) is 5.12. The van der Waals surface area contributed by atoms with Crippen LogP contribution in [0.25, 0.3) is 0 Å². The lowest BCUT2D eigenvalue weighted by Crippen LogP contribution is -2.48. The molecule has 0 aliphatic rings. The predicted octanol–water partition coefficient (Wildman–Crippen LogP) is 2.73. The van der Waals surface area contributed by atoms with Crippen molar-refractivity contribution in [2.75, 3.05) is 5.32 Å². The van der Waals surface area contributed by atoms with Crippen LogP contribution in [0.4, 0.5) is 5.13 Å². The van der Waals surface area contributed by atoms with Crippen molar-refractivity contribution in [1.29, 1.82) is 0 Å². The molecule has 1 amide bonds. The number of nitrogens with two attached hydrogens (primary N) is 1. The minimum atomic E-state index is -0.844. The predicted molar refractivity (Wildman–Crippen MR) is 79.3 cm³/mol. The molecule has 6 heteroatoms. The number of aromatic nitrogens is 2. The van der Waals surface area contributed by atoms with Gasteiger partial charge in [0, 0.05) is 6.42 Å². The van der Waals surface area contributed by atoms with Gasteiger partial charge in [-0.25, -0.2) is 0 Å². The molecular formula is C13H24N4OS. The number of rotatable bonds is 8. The van der Waals surface area contributed by atoms with E-state index in [0.717, 1.165) is 24.3 Å². The molecule has 1 aromatic heterocycles. The van der Waals surface area contributed by atoms with E-state index in [0.29, 0.717) is 11.6 Å². The Kier molecular flexibility index (Phi) is 6.37. The zero-order valence-electron chi connectivity index (χ0n) is 12.0. The third-order valence-electron chi connectivity index (χ3n) is 2.97. The van der Waals surface area contributed by atoms with Gasteiger partial charge in [-0.05, 0) is 19.8 Å². The van der Waals surface area contributed by atoms with Gasteiger partial charge in [-0.3, -0.25) is 10.1 Å². The Morgan fingerprint density at radius 2 is 2.05 bits per heavy atom. The van der Waals surface area contributed by atoms with Crippen molar-refractivity contribution in [3.63, 3.8) is 0 Å². The highest BCUT2D eigenvalue weighted by Gasteiger charge is 2.27. The monoisotopic (exact) mass is 284 g/mol.